The Balaban J connectivity index is 2.00. The van der Waals surface area contributed by atoms with Gasteiger partial charge in [0.05, 0.1) is 16.1 Å². The Morgan fingerprint density at radius 2 is 1.96 bits per heavy atom. The molecule has 0 saturated heterocycles. The molecule has 1 aliphatic rings. The molecule has 0 amide bonds. The minimum Gasteiger partial charge on any atom is -0.496 e. The van der Waals surface area contributed by atoms with Crippen LogP contribution in [0.2, 0.25) is 0 Å². The summed E-state index contributed by atoms with van der Waals surface area (Å²) in [4.78, 5) is 11.4. The van der Waals surface area contributed by atoms with E-state index < -0.39 is 11.8 Å². The first-order valence-electron chi connectivity index (χ1n) is 8.95. The van der Waals surface area contributed by atoms with Crippen molar-refractivity contribution in [3.63, 3.8) is 0 Å². The van der Waals surface area contributed by atoms with Gasteiger partial charge in [0.2, 0.25) is 5.79 Å². The maximum absolute atomic E-state index is 11.4. The highest BCUT2D eigenvalue weighted by Crippen LogP contribution is 2.49. The summed E-state index contributed by atoms with van der Waals surface area (Å²) in [5, 5.41) is 10.8. The molecule has 2 aromatic carbocycles. The fraction of sp³-hybridized carbons (Fsp3) is 0.381. The quantitative estimate of drug-likeness (QED) is 0.405. The van der Waals surface area contributed by atoms with E-state index in [9.17, 15) is 9.90 Å². The van der Waals surface area contributed by atoms with Gasteiger partial charge in [-0.25, -0.2) is 0 Å². The van der Waals surface area contributed by atoms with Gasteiger partial charge in [0.25, 0.3) is 0 Å². The Kier molecular flexibility index (Phi) is 6.08. The van der Waals surface area contributed by atoms with Gasteiger partial charge in [-0.05, 0) is 74.0 Å². The number of benzene rings is 2. The van der Waals surface area contributed by atoms with Gasteiger partial charge in [0.15, 0.2) is 5.75 Å². The first kappa shape index (κ1) is 21.1. The standard InChI is InChI=1S/C21H22Br2O5/c1-11(2)15-9-13(5-6-18(15)26-4)27-20-17(22)10-16-14(19(20)23)7-8-21(16,25)28-12(3)24/h5-6,9-11,25H,7-8H2,1-4H3. The Morgan fingerprint density at radius 3 is 2.57 bits per heavy atom. The zero-order valence-corrected chi connectivity index (χ0v) is 19.3. The first-order chi connectivity index (χ1) is 13.2. The lowest BCUT2D eigenvalue weighted by molar-refractivity contribution is -0.211. The summed E-state index contributed by atoms with van der Waals surface area (Å²) >= 11 is 7.12. The summed E-state index contributed by atoms with van der Waals surface area (Å²) in [7, 11) is 1.65. The van der Waals surface area contributed by atoms with Gasteiger partial charge in [-0.15, -0.1) is 0 Å². The van der Waals surface area contributed by atoms with Gasteiger partial charge in [0.1, 0.15) is 11.5 Å². The minimum atomic E-state index is -1.62. The number of carbonyl (C=O) groups is 1. The number of aliphatic hydroxyl groups is 1. The first-order valence-corrected chi connectivity index (χ1v) is 10.5. The molecule has 0 bridgehead atoms. The molecule has 0 aromatic heterocycles. The van der Waals surface area contributed by atoms with Gasteiger partial charge in [0, 0.05) is 24.5 Å². The number of rotatable bonds is 5. The third-order valence-electron chi connectivity index (χ3n) is 4.77. The second-order valence-electron chi connectivity index (χ2n) is 7.07. The van der Waals surface area contributed by atoms with E-state index in [0.717, 1.165) is 21.3 Å². The summed E-state index contributed by atoms with van der Waals surface area (Å²) in [6.07, 6.45) is 0.861. The largest absolute Gasteiger partial charge is 0.496 e. The van der Waals surface area contributed by atoms with E-state index in [-0.39, 0.29) is 5.92 Å². The molecule has 1 unspecified atom stereocenters. The molecular weight excluding hydrogens is 492 g/mol. The van der Waals surface area contributed by atoms with E-state index in [1.54, 1.807) is 13.2 Å². The van der Waals surface area contributed by atoms with Crippen LogP contribution in [0.3, 0.4) is 0 Å². The zero-order chi connectivity index (χ0) is 20.6. The average molecular weight is 514 g/mol. The van der Waals surface area contributed by atoms with E-state index in [0.29, 0.717) is 34.4 Å². The smallest absolute Gasteiger partial charge is 0.305 e. The van der Waals surface area contributed by atoms with Crippen molar-refractivity contribution in [2.45, 2.75) is 45.3 Å². The fourth-order valence-corrected chi connectivity index (χ4v) is 4.92. The molecule has 0 aliphatic heterocycles. The lowest BCUT2D eigenvalue weighted by Crippen LogP contribution is -2.28. The van der Waals surface area contributed by atoms with Crippen molar-refractivity contribution in [2.24, 2.45) is 0 Å². The summed E-state index contributed by atoms with van der Waals surface area (Å²) in [5.74, 6) is 0.243. The van der Waals surface area contributed by atoms with Gasteiger partial charge >= 0.3 is 5.97 Å². The van der Waals surface area contributed by atoms with Crippen LogP contribution in [0.4, 0.5) is 0 Å². The topological polar surface area (TPSA) is 65.0 Å². The monoisotopic (exact) mass is 512 g/mol. The van der Waals surface area contributed by atoms with Crippen molar-refractivity contribution < 1.29 is 24.1 Å². The summed E-state index contributed by atoms with van der Waals surface area (Å²) < 4.78 is 18.1. The average Bonchev–Trinajstić information content (AvgIpc) is 2.94. The molecular formula is C21H22Br2O5. The molecule has 7 heteroatoms. The predicted molar refractivity (Wildman–Crippen MR) is 113 cm³/mol. The Bertz CT molecular complexity index is 925. The number of esters is 1. The molecule has 0 saturated carbocycles. The molecule has 150 valence electrons. The summed E-state index contributed by atoms with van der Waals surface area (Å²) in [5.41, 5.74) is 2.48. The Hall–Kier alpha value is -1.57. The molecule has 0 spiro atoms. The van der Waals surface area contributed by atoms with Gasteiger partial charge < -0.3 is 19.3 Å². The van der Waals surface area contributed by atoms with Crippen LogP contribution in [-0.2, 0) is 21.7 Å². The normalized spacial score (nSPS) is 18.1. The van der Waals surface area contributed by atoms with E-state index in [4.69, 9.17) is 14.2 Å². The lowest BCUT2D eigenvalue weighted by Gasteiger charge is -2.24. The molecule has 5 nitrogen and oxygen atoms in total. The second-order valence-corrected chi connectivity index (χ2v) is 8.71. The molecule has 0 heterocycles. The van der Waals surface area contributed by atoms with Crippen molar-refractivity contribution in [1.82, 2.24) is 0 Å². The van der Waals surface area contributed by atoms with E-state index in [2.05, 4.69) is 45.7 Å². The number of halogens is 2. The number of fused-ring (bicyclic) bond motifs is 1. The molecule has 1 atom stereocenters. The van der Waals surface area contributed by atoms with Crippen LogP contribution in [-0.4, -0.2) is 18.2 Å². The molecule has 0 fully saturated rings. The van der Waals surface area contributed by atoms with Gasteiger partial charge in [-0.1, -0.05) is 13.8 Å². The van der Waals surface area contributed by atoms with Crippen LogP contribution in [0.15, 0.2) is 33.2 Å². The minimum absolute atomic E-state index is 0.282. The van der Waals surface area contributed by atoms with Crippen LogP contribution in [0.25, 0.3) is 0 Å². The van der Waals surface area contributed by atoms with Crippen molar-refractivity contribution in [3.8, 4) is 17.2 Å². The Morgan fingerprint density at radius 1 is 1.25 bits per heavy atom. The van der Waals surface area contributed by atoms with Crippen LogP contribution >= 0.6 is 31.9 Å². The molecule has 0 radical (unpaired) electrons. The fourth-order valence-electron chi connectivity index (χ4n) is 3.44. The van der Waals surface area contributed by atoms with Crippen LogP contribution < -0.4 is 9.47 Å². The highest BCUT2D eigenvalue weighted by atomic mass is 79.9. The highest BCUT2D eigenvalue weighted by Gasteiger charge is 2.42. The van der Waals surface area contributed by atoms with Crippen molar-refractivity contribution in [1.29, 1.82) is 0 Å². The molecule has 3 rings (SSSR count). The SMILES string of the molecule is COc1ccc(Oc2c(Br)cc3c(c2Br)CCC3(O)OC(C)=O)cc1C(C)C. The van der Waals surface area contributed by atoms with Crippen molar-refractivity contribution in [2.75, 3.05) is 7.11 Å². The zero-order valence-electron chi connectivity index (χ0n) is 16.1. The molecule has 1 aliphatic carbocycles. The lowest BCUT2D eigenvalue weighted by atomic mass is 10.0. The van der Waals surface area contributed by atoms with E-state index in [1.165, 1.54) is 6.92 Å². The predicted octanol–water partition coefficient (Wildman–Crippen LogP) is 5.79. The maximum Gasteiger partial charge on any atom is 0.305 e. The van der Waals surface area contributed by atoms with Crippen LogP contribution in [0, 0.1) is 0 Å². The van der Waals surface area contributed by atoms with Crippen LogP contribution in [0.5, 0.6) is 17.2 Å². The number of hydrogen-bond donors (Lipinski definition) is 1. The van der Waals surface area contributed by atoms with Crippen LogP contribution in [0.1, 0.15) is 49.8 Å². The van der Waals surface area contributed by atoms with E-state index in [1.807, 2.05) is 18.2 Å². The number of hydrogen-bond acceptors (Lipinski definition) is 5. The molecule has 2 aromatic rings. The molecule has 28 heavy (non-hydrogen) atoms. The third kappa shape index (κ3) is 3.93. The number of carbonyl (C=O) groups excluding carboxylic acids is 1. The van der Waals surface area contributed by atoms with Gasteiger partial charge in [-0.2, -0.15) is 0 Å². The van der Waals surface area contributed by atoms with Crippen molar-refractivity contribution >= 4 is 37.8 Å². The summed E-state index contributed by atoms with van der Waals surface area (Å²) in [6, 6.07) is 7.45. The second kappa shape index (κ2) is 8.05. The number of methoxy groups -OCH3 is 1. The third-order valence-corrected chi connectivity index (χ3v) is 6.20. The highest BCUT2D eigenvalue weighted by molar-refractivity contribution is 9.11. The van der Waals surface area contributed by atoms with Gasteiger partial charge in [-0.3, -0.25) is 4.79 Å². The van der Waals surface area contributed by atoms with Crippen molar-refractivity contribution in [3.05, 3.63) is 49.9 Å². The molecule has 1 N–H and O–H groups in total. The number of ether oxygens (including phenoxy) is 3. The Labute approximate surface area is 181 Å². The maximum atomic E-state index is 11.4. The summed E-state index contributed by atoms with van der Waals surface area (Å²) in [6.45, 7) is 5.48. The van der Waals surface area contributed by atoms with E-state index >= 15 is 0 Å².